The number of rotatable bonds is 39. The number of likely N-dealkylation sites (N-methyl/N-ethyl adjacent to an activating group) is 1. The maximum absolute atomic E-state index is 12.9. The van der Waals surface area contributed by atoms with Crippen LogP contribution in [0, 0.1) is 34.6 Å². The highest BCUT2D eigenvalue weighted by atomic mass is 35.5. The van der Waals surface area contributed by atoms with E-state index >= 15 is 0 Å². The van der Waals surface area contributed by atoms with Crippen molar-refractivity contribution in [1.82, 2.24) is 30.0 Å². The van der Waals surface area contributed by atoms with Crippen LogP contribution >= 0.6 is 79.6 Å². The molecular weight excluding hydrogens is 1980 g/mol. The van der Waals surface area contributed by atoms with Gasteiger partial charge in [-0.05, 0) is 262 Å². The van der Waals surface area contributed by atoms with Crippen molar-refractivity contribution in [2.75, 3.05) is 84.9 Å². The number of methoxy groups -OCH3 is 2. The molecule has 32 heteroatoms. The molecule has 0 spiro atoms. The Bertz CT molecular complexity index is 6740. The van der Waals surface area contributed by atoms with E-state index in [1.165, 1.54) is 16.2 Å². The molecule has 0 fully saturated rings. The summed E-state index contributed by atoms with van der Waals surface area (Å²) in [6, 6.07) is 95.6. The number of aromatic amines is 1. The third-order valence-electron chi connectivity index (χ3n) is 21.6. The highest BCUT2D eigenvalue weighted by Gasteiger charge is 2.26. The lowest BCUT2D eigenvalue weighted by molar-refractivity contribution is -0.133. The summed E-state index contributed by atoms with van der Waals surface area (Å²) in [6.07, 6.45) is 6.63. The number of H-pyrrole nitrogens is 1. The second-order valence-electron chi connectivity index (χ2n) is 32.9. The summed E-state index contributed by atoms with van der Waals surface area (Å²) in [4.78, 5) is 107. The summed E-state index contributed by atoms with van der Waals surface area (Å²) >= 11 is 15.6. The first-order valence-corrected chi connectivity index (χ1v) is 52.3. The van der Waals surface area contributed by atoms with Crippen LogP contribution in [0.15, 0.2) is 350 Å². The van der Waals surface area contributed by atoms with E-state index in [-0.39, 0.29) is 75.1 Å². The van der Waals surface area contributed by atoms with Crippen LogP contribution in [0.1, 0.15) is 88.8 Å². The lowest BCUT2D eigenvalue weighted by Crippen LogP contribution is -2.34. The number of hydrogen-bond acceptors (Lipinski definition) is 24. The van der Waals surface area contributed by atoms with Crippen molar-refractivity contribution in [3.8, 4) is 46.0 Å². The van der Waals surface area contributed by atoms with Gasteiger partial charge in [0.05, 0.1) is 70.2 Å². The van der Waals surface area contributed by atoms with Gasteiger partial charge in [0.1, 0.15) is 63.4 Å². The Kier molecular flexibility index (Phi) is 44.0. The summed E-state index contributed by atoms with van der Waals surface area (Å²) in [5, 5.41) is 14.8. The van der Waals surface area contributed by atoms with E-state index in [2.05, 4.69) is 70.2 Å². The zero-order valence-corrected chi connectivity index (χ0v) is 88.4. The van der Waals surface area contributed by atoms with E-state index in [1.807, 2.05) is 293 Å². The van der Waals surface area contributed by atoms with Crippen molar-refractivity contribution in [1.29, 1.82) is 0 Å². The number of aromatic nitrogens is 5. The van der Waals surface area contributed by atoms with Gasteiger partial charge >= 0.3 is 0 Å². The number of aryl methyl sites for hydroxylation is 5. The molecule has 17 aromatic rings. The fourth-order valence-electron chi connectivity index (χ4n) is 14.0. The van der Waals surface area contributed by atoms with Crippen LogP contribution in [0.2, 0.25) is 4.34 Å². The average Bonchev–Trinajstić information content (AvgIpc) is 1.41. The number of para-hydroxylation sites is 2. The molecule has 0 saturated carbocycles. The molecule has 0 atom stereocenters. The van der Waals surface area contributed by atoms with E-state index in [1.54, 1.807) is 168 Å². The maximum Gasteiger partial charge on any atom is 0.266 e. The first-order valence-electron chi connectivity index (χ1n) is 46.8. The SMILES string of the molecule is CCN(Cc1ccc(Cl)s1)C(=O)COc1ccc(OC)cc1.COc1cccc(OCC(=O)N(Cc2cccs2)c2ccccn2)c1.Cc1ccc(C(C)C)c(OCC(=O)N(Cc2cccs2)c2ccn[nH]2)c1.Cc1ccc(OCC(=O)N(Cc2ccc(C)s2)c2ccccc2)cc1.Cc1ccc(OCC(=O)N(Cc2cccs2)c2ccccc2)cn1.Cc1cccc(OCC(=O)N(Cc2cccs2)c2ccccn2)c1. The molecule has 0 aliphatic rings. The van der Waals surface area contributed by atoms with Gasteiger partial charge < -0.3 is 52.6 Å². The Hall–Kier alpha value is -15.1. The lowest BCUT2D eigenvalue weighted by atomic mass is 10.0. The summed E-state index contributed by atoms with van der Waals surface area (Å²) in [7, 11) is 3.20. The van der Waals surface area contributed by atoms with Gasteiger partial charge in [0.25, 0.3) is 35.4 Å². The molecule has 1 N–H and O–H groups in total. The maximum atomic E-state index is 12.9. The first kappa shape index (κ1) is 110. The van der Waals surface area contributed by atoms with Gasteiger partial charge in [-0.25, -0.2) is 9.97 Å². The van der Waals surface area contributed by atoms with Gasteiger partial charge in [0, 0.05) is 82.3 Å². The summed E-state index contributed by atoms with van der Waals surface area (Å²) in [5.74, 6) is 7.08. The van der Waals surface area contributed by atoms with Crippen LogP contribution in [0.25, 0.3) is 0 Å². The number of hydrogen-bond donors (Lipinski definition) is 1. The van der Waals surface area contributed by atoms with E-state index < -0.39 is 0 Å². The first-order chi connectivity index (χ1) is 71.0. The molecule has 10 heterocycles. The molecule has 10 aromatic heterocycles. The van der Waals surface area contributed by atoms with Crippen LogP contribution in [-0.4, -0.2) is 126 Å². The molecule has 17 rings (SSSR count). The minimum Gasteiger partial charge on any atom is -0.497 e. The van der Waals surface area contributed by atoms with Crippen molar-refractivity contribution >= 4 is 144 Å². The number of halogens is 1. The number of benzene rings is 7. The fourth-order valence-corrected chi connectivity index (χ4v) is 18.7. The molecule has 0 bridgehead atoms. The Morgan fingerprint density at radius 2 is 0.774 bits per heavy atom. The zero-order valence-electron chi connectivity index (χ0n) is 82.8. The predicted octanol–water partition coefficient (Wildman–Crippen LogP) is 25.2. The number of nitrogens with one attached hydrogen (secondary N) is 1. The number of carbonyl (C=O) groups is 6. The Morgan fingerprint density at radius 1 is 0.342 bits per heavy atom. The molecule has 146 heavy (non-hydrogen) atoms. The van der Waals surface area contributed by atoms with Crippen LogP contribution in [-0.2, 0) is 68.0 Å². The van der Waals surface area contributed by atoms with E-state index in [4.69, 9.17) is 49.5 Å². The van der Waals surface area contributed by atoms with Gasteiger partial charge in [-0.2, -0.15) is 5.10 Å². The molecular formula is C114H116ClN11O14S6. The largest absolute Gasteiger partial charge is 0.497 e. The number of pyridine rings is 3. The number of amides is 6. The summed E-state index contributed by atoms with van der Waals surface area (Å²) in [6.45, 7) is 19.8. The highest BCUT2D eigenvalue weighted by Crippen LogP contribution is 2.32. The predicted molar refractivity (Wildman–Crippen MR) is 588 cm³/mol. The van der Waals surface area contributed by atoms with Crippen LogP contribution in [0.5, 0.6) is 46.0 Å². The number of anilines is 5. The normalized spacial score (nSPS) is 10.5. The molecule has 7 aromatic carbocycles. The van der Waals surface area contributed by atoms with Gasteiger partial charge in [-0.1, -0.05) is 146 Å². The Labute approximate surface area is 881 Å². The molecule has 0 saturated heterocycles. The molecule has 0 aliphatic carbocycles. The topological polar surface area (TPSA) is 263 Å². The summed E-state index contributed by atoms with van der Waals surface area (Å²) < 4.78 is 45.0. The Balaban J connectivity index is 0.000000156. The van der Waals surface area contributed by atoms with Crippen LogP contribution in [0.4, 0.5) is 28.8 Å². The van der Waals surface area contributed by atoms with Crippen LogP contribution < -0.4 is 62.4 Å². The highest BCUT2D eigenvalue weighted by molar-refractivity contribution is 7.16. The van der Waals surface area contributed by atoms with E-state index in [9.17, 15) is 28.8 Å². The van der Waals surface area contributed by atoms with Gasteiger partial charge in [0.15, 0.2) is 39.6 Å². The van der Waals surface area contributed by atoms with Crippen molar-refractivity contribution in [2.24, 2.45) is 0 Å². The monoisotopic (exact) mass is 2090 g/mol. The molecule has 25 nitrogen and oxygen atoms in total. The van der Waals surface area contributed by atoms with Crippen molar-refractivity contribution in [3.63, 3.8) is 0 Å². The lowest BCUT2D eigenvalue weighted by Gasteiger charge is -2.22. The van der Waals surface area contributed by atoms with Crippen LogP contribution in [0.3, 0.4) is 0 Å². The smallest absolute Gasteiger partial charge is 0.266 e. The third-order valence-corrected chi connectivity index (χ3v) is 27.3. The molecule has 0 radical (unpaired) electrons. The molecule has 0 aliphatic heterocycles. The number of thiophene rings is 6. The number of nitrogens with zero attached hydrogens (tertiary/aromatic N) is 10. The standard InChI is InChI=1S/C21H21NO2S.C20H23N3O2S.C19H18N2O3S.2C19H18N2O2S.C16H18ClNO3S/c1-16-8-11-19(12-9-16)24-15-21(23)22(18-6-4-3-5-7-18)14-20-13-10-17(2)25-20;1-14(2)17-7-6-15(3)11-18(17)25-13-20(24)23(19-8-9-21-22-19)12-16-5-4-10-26-16;1-23-15-6-4-7-16(12-15)24-14-19(22)21(13-17-8-5-11-25-17)18-9-2-3-10-20-18;1-15-6-4-7-16(12-15)23-14-19(22)21(13-17-8-5-11-24-17)18-9-2-3-10-20-18;1-15-9-10-17(12-20-15)23-14-19(22)21(13-18-8-5-11-24-18)16-6-3-2-4-7-16;1-3-18(10-14-8-9-15(17)22-14)16(19)11-21-13-6-4-12(20-2)5-7-13/h3-13H,14-15H2,1-2H3;4-11,14H,12-13H2,1-3H3,(H,21,22);2-12H,13-14H2,1H3;2*2-12H,13-14H2,1H3;4-9H,3,10-11H2,1-2H3. The van der Waals surface area contributed by atoms with Gasteiger partial charge in [-0.3, -0.25) is 53.5 Å². The zero-order chi connectivity index (χ0) is 103. The molecule has 0 unspecified atom stereocenters. The third kappa shape index (κ3) is 36.3. The fraction of sp³-hybridized carbons (Fsp3) is 0.211. The minimum absolute atomic E-state index is 0.0132. The minimum atomic E-state index is -0.157. The van der Waals surface area contributed by atoms with Gasteiger partial charge in [-0.15, -0.1) is 68.0 Å². The van der Waals surface area contributed by atoms with Crippen molar-refractivity contribution in [2.45, 2.75) is 101 Å². The average molecular weight is 2090 g/mol. The summed E-state index contributed by atoms with van der Waals surface area (Å²) in [5.41, 5.74) is 7.14. The second-order valence-corrected chi connectivity index (χ2v) is 40.2. The molecule has 754 valence electrons. The van der Waals surface area contributed by atoms with Crippen molar-refractivity contribution in [3.05, 3.63) is 416 Å². The van der Waals surface area contributed by atoms with E-state index in [0.29, 0.717) is 104 Å². The second kappa shape index (κ2) is 58.6. The quantitative estimate of drug-likeness (QED) is 0.0375. The van der Waals surface area contributed by atoms with Crippen molar-refractivity contribution < 1.29 is 66.7 Å². The number of carbonyl (C=O) groups excluding carboxylic acids is 6. The number of ether oxygens (including phenoxy) is 8. The molecule has 6 amide bonds. The van der Waals surface area contributed by atoms with Gasteiger partial charge in [0.2, 0.25) is 0 Å². The Morgan fingerprint density at radius 3 is 1.23 bits per heavy atom. The van der Waals surface area contributed by atoms with E-state index in [0.717, 1.165) is 84.4 Å².